The molecule has 0 unspecified atom stereocenters. The SMILES string of the molecule is C1CN(c2nc(C3CC3)c(CNC3CC3)s2)CCO1. The van der Waals surface area contributed by atoms with Crippen molar-refractivity contribution in [2.45, 2.75) is 44.2 Å². The molecule has 19 heavy (non-hydrogen) atoms. The zero-order chi connectivity index (χ0) is 12.7. The van der Waals surface area contributed by atoms with E-state index in [9.17, 15) is 0 Å². The molecule has 4 nitrogen and oxygen atoms in total. The maximum atomic E-state index is 5.43. The molecule has 0 radical (unpaired) electrons. The molecule has 5 heteroatoms. The van der Waals surface area contributed by atoms with Gasteiger partial charge in [0.25, 0.3) is 0 Å². The summed E-state index contributed by atoms with van der Waals surface area (Å²) < 4.78 is 5.43. The molecule has 1 aromatic rings. The van der Waals surface area contributed by atoms with Crippen molar-refractivity contribution in [3.05, 3.63) is 10.6 Å². The molecular weight excluding hydrogens is 258 g/mol. The number of nitrogens with one attached hydrogen (secondary N) is 1. The predicted octanol–water partition coefficient (Wildman–Crippen LogP) is 2.11. The van der Waals surface area contributed by atoms with Crippen LogP contribution in [0.15, 0.2) is 0 Å². The number of aromatic nitrogens is 1. The Labute approximate surface area is 118 Å². The molecule has 2 saturated carbocycles. The summed E-state index contributed by atoms with van der Waals surface area (Å²) in [5, 5.41) is 4.86. The first-order valence-corrected chi connectivity index (χ1v) is 8.27. The highest BCUT2D eigenvalue weighted by molar-refractivity contribution is 7.15. The second kappa shape index (κ2) is 5.04. The third kappa shape index (κ3) is 2.78. The van der Waals surface area contributed by atoms with Gasteiger partial charge in [-0.25, -0.2) is 4.98 Å². The van der Waals surface area contributed by atoms with Gasteiger partial charge in [-0.1, -0.05) is 0 Å². The molecule has 0 atom stereocenters. The molecule has 3 fully saturated rings. The average Bonchev–Trinajstić information content (AvgIpc) is 3.37. The van der Waals surface area contributed by atoms with Gasteiger partial charge in [-0.2, -0.15) is 0 Å². The van der Waals surface area contributed by atoms with Crippen LogP contribution >= 0.6 is 11.3 Å². The van der Waals surface area contributed by atoms with Gasteiger partial charge in [0.1, 0.15) is 0 Å². The third-order valence-electron chi connectivity index (χ3n) is 4.09. The monoisotopic (exact) mass is 279 g/mol. The largest absolute Gasteiger partial charge is 0.378 e. The summed E-state index contributed by atoms with van der Waals surface area (Å²) in [6, 6.07) is 0.779. The lowest BCUT2D eigenvalue weighted by Crippen LogP contribution is -2.36. The van der Waals surface area contributed by atoms with Crippen LogP contribution in [0.5, 0.6) is 0 Å². The van der Waals surface area contributed by atoms with Gasteiger partial charge in [-0.15, -0.1) is 11.3 Å². The molecule has 3 aliphatic rings. The summed E-state index contributed by atoms with van der Waals surface area (Å²) in [5.41, 5.74) is 1.39. The van der Waals surface area contributed by atoms with Gasteiger partial charge < -0.3 is 15.0 Å². The van der Waals surface area contributed by atoms with Crippen molar-refractivity contribution in [1.82, 2.24) is 10.3 Å². The average molecular weight is 279 g/mol. The quantitative estimate of drug-likeness (QED) is 0.896. The molecule has 2 aliphatic carbocycles. The zero-order valence-electron chi connectivity index (χ0n) is 11.2. The molecule has 0 aromatic carbocycles. The minimum atomic E-state index is 0.752. The van der Waals surface area contributed by atoms with Gasteiger partial charge >= 0.3 is 0 Å². The van der Waals surface area contributed by atoms with E-state index in [2.05, 4.69) is 10.2 Å². The highest BCUT2D eigenvalue weighted by Crippen LogP contribution is 2.44. The Morgan fingerprint density at radius 2 is 2.00 bits per heavy atom. The van der Waals surface area contributed by atoms with Gasteiger partial charge in [0.2, 0.25) is 0 Å². The summed E-state index contributed by atoms with van der Waals surface area (Å²) in [6.45, 7) is 4.70. The van der Waals surface area contributed by atoms with Crippen LogP contribution in [0.3, 0.4) is 0 Å². The van der Waals surface area contributed by atoms with E-state index in [0.29, 0.717) is 0 Å². The van der Waals surface area contributed by atoms with Crippen LogP contribution in [0.2, 0.25) is 0 Å². The molecule has 0 spiro atoms. The van der Waals surface area contributed by atoms with Gasteiger partial charge in [-0.05, 0) is 25.7 Å². The number of nitrogens with zero attached hydrogens (tertiary/aromatic N) is 2. The van der Waals surface area contributed by atoms with Gasteiger partial charge in [0.05, 0.1) is 18.9 Å². The first-order chi connectivity index (χ1) is 9.40. The second-order valence-corrected chi connectivity index (χ2v) is 6.90. The summed E-state index contributed by atoms with van der Waals surface area (Å²) in [5.74, 6) is 0.752. The van der Waals surface area contributed by atoms with Crippen LogP contribution in [0.1, 0.15) is 42.2 Å². The Morgan fingerprint density at radius 1 is 1.21 bits per heavy atom. The Morgan fingerprint density at radius 3 is 2.68 bits per heavy atom. The van der Waals surface area contributed by atoms with Crippen molar-refractivity contribution < 1.29 is 4.74 Å². The fraction of sp³-hybridized carbons (Fsp3) is 0.786. The van der Waals surface area contributed by atoms with E-state index >= 15 is 0 Å². The zero-order valence-corrected chi connectivity index (χ0v) is 12.0. The van der Waals surface area contributed by atoms with Crippen molar-refractivity contribution >= 4 is 16.5 Å². The fourth-order valence-electron chi connectivity index (χ4n) is 2.57. The first kappa shape index (κ1) is 12.1. The van der Waals surface area contributed by atoms with E-state index < -0.39 is 0 Å². The predicted molar refractivity (Wildman–Crippen MR) is 77.0 cm³/mol. The van der Waals surface area contributed by atoms with Crippen molar-refractivity contribution in [2.24, 2.45) is 0 Å². The van der Waals surface area contributed by atoms with Crippen LogP contribution in [0.25, 0.3) is 0 Å². The maximum absolute atomic E-state index is 5.43. The fourth-order valence-corrected chi connectivity index (χ4v) is 3.72. The van der Waals surface area contributed by atoms with E-state index in [1.807, 2.05) is 11.3 Å². The highest BCUT2D eigenvalue weighted by atomic mass is 32.1. The number of thiazole rings is 1. The Kier molecular flexibility index (Phi) is 3.21. The summed E-state index contributed by atoms with van der Waals surface area (Å²) >= 11 is 1.90. The Bertz CT molecular complexity index is 448. The number of anilines is 1. The maximum Gasteiger partial charge on any atom is 0.185 e. The molecule has 4 rings (SSSR count). The molecule has 0 amide bonds. The molecule has 1 aromatic heterocycles. The van der Waals surface area contributed by atoms with Crippen LogP contribution < -0.4 is 10.2 Å². The summed E-state index contributed by atoms with van der Waals surface area (Å²) in [4.78, 5) is 8.81. The standard InChI is InChI=1S/C14H21N3OS/c1-2-10(1)13-12(9-15-11-3-4-11)19-14(16-13)17-5-7-18-8-6-17/h10-11,15H,1-9H2. The lowest BCUT2D eigenvalue weighted by molar-refractivity contribution is 0.122. The van der Waals surface area contributed by atoms with Crippen LogP contribution in [0, 0.1) is 0 Å². The number of hydrogen-bond acceptors (Lipinski definition) is 5. The molecule has 0 bridgehead atoms. The second-order valence-electron chi connectivity index (χ2n) is 5.83. The number of rotatable bonds is 5. The number of morpholine rings is 1. The molecule has 104 valence electrons. The van der Waals surface area contributed by atoms with Crippen LogP contribution in [-0.2, 0) is 11.3 Å². The van der Waals surface area contributed by atoms with Crippen molar-refractivity contribution in [2.75, 3.05) is 31.2 Å². The van der Waals surface area contributed by atoms with E-state index in [0.717, 1.165) is 44.8 Å². The van der Waals surface area contributed by atoms with Crippen LogP contribution in [0.4, 0.5) is 5.13 Å². The third-order valence-corrected chi connectivity index (χ3v) is 5.22. The van der Waals surface area contributed by atoms with Crippen molar-refractivity contribution in [3.8, 4) is 0 Å². The Balaban J connectivity index is 1.51. The van der Waals surface area contributed by atoms with Crippen molar-refractivity contribution in [3.63, 3.8) is 0 Å². The Hall–Kier alpha value is -0.650. The molecular formula is C14H21N3OS. The smallest absolute Gasteiger partial charge is 0.185 e. The highest BCUT2D eigenvalue weighted by Gasteiger charge is 2.31. The van der Waals surface area contributed by atoms with E-state index in [4.69, 9.17) is 9.72 Å². The summed E-state index contributed by atoms with van der Waals surface area (Å²) in [6.07, 6.45) is 5.38. The number of ether oxygens (including phenoxy) is 1. The van der Waals surface area contributed by atoms with E-state index in [-0.39, 0.29) is 0 Å². The normalized spacial score (nSPS) is 23.9. The van der Waals surface area contributed by atoms with Gasteiger partial charge in [0, 0.05) is 36.5 Å². The lowest BCUT2D eigenvalue weighted by Gasteiger charge is -2.26. The van der Waals surface area contributed by atoms with E-state index in [1.165, 1.54) is 41.4 Å². The molecule has 2 heterocycles. The van der Waals surface area contributed by atoms with Gasteiger partial charge in [0.15, 0.2) is 5.13 Å². The molecule has 1 aliphatic heterocycles. The first-order valence-electron chi connectivity index (χ1n) is 7.46. The molecule has 1 saturated heterocycles. The van der Waals surface area contributed by atoms with Crippen LogP contribution in [-0.4, -0.2) is 37.3 Å². The topological polar surface area (TPSA) is 37.4 Å². The minimum Gasteiger partial charge on any atom is -0.378 e. The van der Waals surface area contributed by atoms with Crippen molar-refractivity contribution in [1.29, 1.82) is 0 Å². The molecule has 1 N–H and O–H groups in total. The lowest BCUT2D eigenvalue weighted by atomic mass is 10.2. The summed E-state index contributed by atoms with van der Waals surface area (Å²) in [7, 11) is 0. The van der Waals surface area contributed by atoms with Gasteiger partial charge in [-0.3, -0.25) is 0 Å². The van der Waals surface area contributed by atoms with E-state index in [1.54, 1.807) is 0 Å². The minimum absolute atomic E-state index is 0.752. The number of hydrogen-bond donors (Lipinski definition) is 1.